The normalized spacial score (nSPS) is 29.7. The number of hydrogen-bond acceptors (Lipinski definition) is 3. The van der Waals surface area contributed by atoms with Gasteiger partial charge in [0.15, 0.2) is 0 Å². The van der Waals surface area contributed by atoms with E-state index in [-0.39, 0.29) is 12.0 Å². The van der Waals surface area contributed by atoms with Crippen LogP contribution in [-0.4, -0.2) is 27.4 Å². The minimum Gasteiger partial charge on any atom is -0.481 e. The van der Waals surface area contributed by atoms with Crippen molar-refractivity contribution < 1.29 is 9.90 Å². The number of fused-ring (bicyclic) bond motifs is 1. The monoisotopic (exact) mass is 295 g/mol. The van der Waals surface area contributed by atoms with Gasteiger partial charge < -0.3 is 5.11 Å². The Bertz CT molecular complexity index is 546. The first-order chi connectivity index (χ1) is 9.13. The van der Waals surface area contributed by atoms with Crippen molar-refractivity contribution in [2.45, 2.75) is 30.6 Å². The van der Waals surface area contributed by atoms with E-state index in [9.17, 15) is 4.79 Å². The Morgan fingerprint density at radius 3 is 3.00 bits per heavy atom. The number of benzene rings is 1. The number of aliphatic imine (C=N–C) groups is 1. The molecule has 1 aromatic rings. The van der Waals surface area contributed by atoms with Gasteiger partial charge in [-0.15, -0.1) is 11.8 Å². The summed E-state index contributed by atoms with van der Waals surface area (Å²) in [6.45, 7) is 0. The van der Waals surface area contributed by atoms with Crippen LogP contribution in [0.2, 0.25) is 5.02 Å². The third-order valence-electron chi connectivity index (χ3n) is 3.72. The SMILES string of the molecule is O=C(O)C1CCC2N=C(c3cccc(Cl)c3)SC2C1. The Labute approximate surface area is 121 Å². The summed E-state index contributed by atoms with van der Waals surface area (Å²) in [5.74, 6) is -0.877. The minimum absolute atomic E-state index is 0.206. The molecular weight excluding hydrogens is 282 g/mol. The Balaban J connectivity index is 1.77. The van der Waals surface area contributed by atoms with Gasteiger partial charge in [-0.1, -0.05) is 23.7 Å². The van der Waals surface area contributed by atoms with Crippen molar-refractivity contribution >= 4 is 34.4 Å². The highest BCUT2D eigenvalue weighted by Crippen LogP contribution is 2.41. The number of thioether (sulfide) groups is 1. The summed E-state index contributed by atoms with van der Waals surface area (Å²) in [6.07, 6.45) is 2.33. The lowest BCUT2D eigenvalue weighted by atomic mass is 9.86. The first-order valence-corrected chi connectivity index (χ1v) is 7.62. The number of aliphatic carboxylic acids is 1. The van der Waals surface area contributed by atoms with Crippen molar-refractivity contribution in [2.24, 2.45) is 10.9 Å². The molecule has 5 heteroatoms. The van der Waals surface area contributed by atoms with Gasteiger partial charge in [-0.25, -0.2) is 0 Å². The lowest BCUT2D eigenvalue weighted by Gasteiger charge is -2.27. The first-order valence-electron chi connectivity index (χ1n) is 6.36. The average molecular weight is 296 g/mol. The second kappa shape index (κ2) is 5.17. The Morgan fingerprint density at radius 2 is 2.26 bits per heavy atom. The standard InChI is InChI=1S/C14H14ClNO2S/c15-10-3-1-2-8(6-10)13-16-11-5-4-9(14(17)18)7-12(11)19-13/h1-3,6,9,11-12H,4-5,7H2,(H,17,18). The fraction of sp³-hybridized carbons (Fsp3) is 0.429. The molecule has 1 N–H and O–H groups in total. The lowest BCUT2D eigenvalue weighted by Crippen LogP contribution is -2.31. The van der Waals surface area contributed by atoms with E-state index in [1.807, 2.05) is 24.3 Å². The highest BCUT2D eigenvalue weighted by molar-refractivity contribution is 8.15. The smallest absolute Gasteiger partial charge is 0.306 e. The molecule has 1 aromatic carbocycles. The van der Waals surface area contributed by atoms with Crippen molar-refractivity contribution in [1.29, 1.82) is 0 Å². The maximum absolute atomic E-state index is 11.1. The van der Waals surface area contributed by atoms with E-state index in [4.69, 9.17) is 21.7 Å². The summed E-state index contributed by atoms with van der Waals surface area (Å²) in [6, 6.07) is 7.96. The van der Waals surface area contributed by atoms with Crippen LogP contribution in [0.4, 0.5) is 0 Å². The van der Waals surface area contributed by atoms with Crippen LogP contribution in [0.25, 0.3) is 0 Å². The van der Waals surface area contributed by atoms with Crippen molar-refractivity contribution in [3.63, 3.8) is 0 Å². The Morgan fingerprint density at radius 1 is 1.42 bits per heavy atom. The molecule has 3 atom stereocenters. The molecule has 1 aliphatic carbocycles. The molecule has 0 bridgehead atoms. The van der Waals surface area contributed by atoms with Gasteiger partial charge in [0.05, 0.1) is 17.0 Å². The van der Waals surface area contributed by atoms with Crippen molar-refractivity contribution in [3.05, 3.63) is 34.9 Å². The van der Waals surface area contributed by atoms with Crippen molar-refractivity contribution in [3.8, 4) is 0 Å². The van der Waals surface area contributed by atoms with Crippen LogP contribution in [0.3, 0.4) is 0 Å². The van der Waals surface area contributed by atoms with E-state index in [1.165, 1.54) is 0 Å². The number of carboxylic acids is 1. The van der Waals surface area contributed by atoms with E-state index >= 15 is 0 Å². The molecule has 0 aromatic heterocycles. The molecule has 2 aliphatic rings. The molecule has 1 heterocycles. The van der Waals surface area contributed by atoms with Crippen LogP contribution in [0.1, 0.15) is 24.8 Å². The lowest BCUT2D eigenvalue weighted by molar-refractivity contribution is -0.142. The summed E-state index contributed by atoms with van der Waals surface area (Å²) in [5.41, 5.74) is 1.04. The van der Waals surface area contributed by atoms with E-state index in [1.54, 1.807) is 11.8 Å². The van der Waals surface area contributed by atoms with E-state index in [2.05, 4.69) is 0 Å². The topological polar surface area (TPSA) is 49.7 Å². The molecule has 0 amide bonds. The number of hydrogen-bond donors (Lipinski definition) is 1. The summed E-state index contributed by atoms with van der Waals surface area (Å²) in [5, 5.41) is 11.1. The molecule has 100 valence electrons. The number of halogens is 1. The van der Waals surface area contributed by atoms with E-state index in [0.717, 1.165) is 29.9 Å². The van der Waals surface area contributed by atoms with Crippen LogP contribution < -0.4 is 0 Å². The van der Waals surface area contributed by atoms with Crippen LogP contribution in [0.5, 0.6) is 0 Å². The zero-order chi connectivity index (χ0) is 13.4. The molecule has 0 saturated heterocycles. The zero-order valence-corrected chi connectivity index (χ0v) is 11.8. The Kier molecular flexibility index (Phi) is 3.54. The van der Waals surface area contributed by atoms with Crippen LogP contribution >= 0.6 is 23.4 Å². The fourth-order valence-corrected chi connectivity index (χ4v) is 4.32. The highest BCUT2D eigenvalue weighted by atomic mass is 35.5. The van der Waals surface area contributed by atoms with E-state index < -0.39 is 5.97 Å². The van der Waals surface area contributed by atoms with Gasteiger partial charge in [-0.2, -0.15) is 0 Å². The maximum Gasteiger partial charge on any atom is 0.306 e. The van der Waals surface area contributed by atoms with Gasteiger partial charge in [0, 0.05) is 15.8 Å². The van der Waals surface area contributed by atoms with Crippen LogP contribution in [0, 0.1) is 5.92 Å². The largest absolute Gasteiger partial charge is 0.481 e. The molecule has 1 fully saturated rings. The quantitative estimate of drug-likeness (QED) is 0.909. The highest BCUT2D eigenvalue weighted by Gasteiger charge is 2.38. The van der Waals surface area contributed by atoms with Gasteiger partial charge in [-0.05, 0) is 31.4 Å². The molecule has 19 heavy (non-hydrogen) atoms. The molecule has 0 spiro atoms. The molecule has 1 aliphatic heterocycles. The van der Waals surface area contributed by atoms with E-state index in [0.29, 0.717) is 10.3 Å². The third-order valence-corrected chi connectivity index (χ3v) is 5.33. The van der Waals surface area contributed by atoms with Crippen molar-refractivity contribution in [1.82, 2.24) is 0 Å². The van der Waals surface area contributed by atoms with Crippen LogP contribution in [-0.2, 0) is 4.79 Å². The number of carboxylic acid groups (broad SMARTS) is 1. The number of nitrogens with zero attached hydrogens (tertiary/aromatic N) is 1. The molecular formula is C14H14ClNO2S. The number of rotatable bonds is 2. The summed E-state index contributed by atoms with van der Waals surface area (Å²) in [4.78, 5) is 15.8. The summed E-state index contributed by atoms with van der Waals surface area (Å²) in [7, 11) is 0. The first kappa shape index (κ1) is 13.0. The zero-order valence-electron chi connectivity index (χ0n) is 10.3. The Hall–Kier alpha value is -1.000. The van der Waals surface area contributed by atoms with Gasteiger partial charge in [0.1, 0.15) is 0 Å². The molecule has 1 saturated carbocycles. The predicted octanol–water partition coefficient (Wildman–Crippen LogP) is 3.46. The van der Waals surface area contributed by atoms with Gasteiger partial charge in [0.2, 0.25) is 0 Å². The summed E-state index contributed by atoms with van der Waals surface area (Å²) < 4.78 is 0. The molecule has 0 radical (unpaired) electrons. The minimum atomic E-state index is -0.671. The number of carbonyl (C=O) groups is 1. The van der Waals surface area contributed by atoms with Gasteiger partial charge >= 0.3 is 5.97 Å². The van der Waals surface area contributed by atoms with Crippen LogP contribution in [0.15, 0.2) is 29.3 Å². The fourth-order valence-electron chi connectivity index (χ4n) is 2.70. The molecule has 3 unspecified atom stereocenters. The summed E-state index contributed by atoms with van der Waals surface area (Å²) >= 11 is 7.70. The maximum atomic E-state index is 11.1. The van der Waals surface area contributed by atoms with Crippen molar-refractivity contribution in [2.75, 3.05) is 0 Å². The van der Waals surface area contributed by atoms with Gasteiger partial charge in [0.25, 0.3) is 0 Å². The molecule has 3 rings (SSSR count). The van der Waals surface area contributed by atoms with Gasteiger partial charge in [-0.3, -0.25) is 9.79 Å². The third kappa shape index (κ3) is 2.65. The molecule has 3 nitrogen and oxygen atoms in total. The predicted molar refractivity (Wildman–Crippen MR) is 78.1 cm³/mol. The second-order valence-corrected chi connectivity index (χ2v) is 6.68. The second-order valence-electron chi connectivity index (χ2n) is 5.02. The average Bonchev–Trinajstić information content (AvgIpc) is 2.81.